The van der Waals surface area contributed by atoms with Crippen molar-refractivity contribution in [2.75, 3.05) is 11.9 Å². The van der Waals surface area contributed by atoms with Crippen LogP contribution in [0.2, 0.25) is 0 Å². The Morgan fingerprint density at radius 1 is 1.17 bits per heavy atom. The molecule has 0 aliphatic heterocycles. The second-order valence-corrected chi connectivity index (χ2v) is 7.77. The van der Waals surface area contributed by atoms with Crippen molar-refractivity contribution in [2.45, 2.75) is 39.5 Å². The van der Waals surface area contributed by atoms with Gasteiger partial charge in [0.2, 0.25) is 5.91 Å². The molecule has 29 heavy (non-hydrogen) atoms. The van der Waals surface area contributed by atoms with Crippen LogP contribution in [0.25, 0.3) is 11.0 Å². The van der Waals surface area contributed by atoms with E-state index >= 15 is 0 Å². The first kappa shape index (κ1) is 19.1. The Morgan fingerprint density at radius 3 is 2.52 bits per heavy atom. The van der Waals surface area contributed by atoms with Crippen LogP contribution in [0.3, 0.4) is 0 Å². The minimum Gasteiger partial charge on any atom is -0.343 e. The van der Waals surface area contributed by atoms with E-state index in [-0.39, 0.29) is 18.4 Å². The van der Waals surface area contributed by atoms with Crippen LogP contribution in [-0.4, -0.2) is 33.1 Å². The molecule has 1 aliphatic rings. The number of hydrogen-bond donors (Lipinski definition) is 2. The lowest BCUT2D eigenvalue weighted by Crippen LogP contribution is -2.33. The second-order valence-electron chi connectivity index (χ2n) is 7.77. The number of carbonyl (C=O) groups is 2. The molecule has 2 heterocycles. The molecular weight excluding hydrogens is 366 g/mol. The van der Waals surface area contributed by atoms with E-state index < -0.39 is 0 Å². The van der Waals surface area contributed by atoms with Gasteiger partial charge in [0.25, 0.3) is 5.91 Å². The van der Waals surface area contributed by atoms with E-state index in [9.17, 15) is 9.59 Å². The van der Waals surface area contributed by atoms with E-state index in [1.165, 1.54) is 0 Å². The van der Waals surface area contributed by atoms with Gasteiger partial charge < -0.3 is 10.6 Å². The number of aryl methyl sites for hydroxylation is 4. The smallest absolute Gasteiger partial charge is 0.252 e. The molecule has 1 aliphatic carbocycles. The zero-order valence-corrected chi connectivity index (χ0v) is 17.2. The molecular formula is C22H25N5O2. The largest absolute Gasteiger partial charge is 0.343 e. The number of pyridine rings is 1. The Bertz CT molecular complexity index is 1110. The summed E-state index contributed by atoms with van der Waals surface area (Å²) in [5, 5.41) is 10.8. The standard InChI is InChI=1S/C22H25N5O2/c1-12-6-5-7-13(2)20(12)25-18(28)11-23-22(29)16-10-17(15-8-9-15)24-21-19(16)14(3)26-27(21)4/h5-7,10,15H,8-9,11H2,1-4H3,(H,23,29)(H,25,28). The Morgan fingerprint density at radius 2 is 1.86 bits per heavy atom. The molecule has 0 spiro atoms. The van der Waals surface area contributed by atoms with Gasteiger partial charge in [-0.05, 0) is 50.8 Å². The van der Waals surface area contributed by atoms with Crippen molar-refractivity contribution >= 4 is 28.5 Å². The summed E-state index contributed by atoms with van der Waals surface area (Å²) in [7, 11) is 1.83. The normalized spacial score (nSPS) is 13.5. The first-order chi connectivity index (χ1) is 13.8. The third-order valence-electron chi connectivity index (χ3n) is 5.38. The molecule has 7 heteroatoms. The van der Waals surface area contributed by atoms with Gasteiger partial charge in [-0.15, -0.1) is 0 Å². The second kappa shape index (κ2) is 7.31. The Hall–Kier alpha value is -3.22. The highest BCUT2D eigenvalue weighted by molar-refractivity contribution is 6.08. The van der Waals surface area contributed by atoms with Gasteiger partial charge in [0, 0.05) is 24.3 Å². The molecule has 1 saturated carbocycles. The van der Waals surface area contributed by atoms with Gasteiger partial charge in [0.05, 0.1) is 23.2 Å². The number of anilines is 1. The summed E-state index contributed by atoms with van der Waals surface area (Å²) in [6, 6.07) is 7.69. The summed E-state index contributed by atoms with van der Waals surface area (Å²) < 4.78 is 1.71. The van der Waals surface area contributed by atoms with Crippen molar-refractivity contribution in [2.24, 2.45) is 7.05 Å². The summed E-state index contributed by atoms with van der Waals surface area (Å²) in [6.07, 6.45) is 2.18. The fraction of sp³-hybridized carbons (Fsp3) is 0.364. The predicted octanol–water partition coefficient (Wildman–Crippen LogP) is 3.14. The average molecular weight is 391 g/mol. The Labute approximate surface area is 169 Å². The highest BCUT2D eigenvalue weighted by Crippen LogP contribution is 2.40. The molecule has 3 aromatic rings. The maximum absolute atomic E-state index is 13.0. The number of carbonyl (C=O) groups excluding carboxylic acids is 2. The van der Waals surface area contributed by atoms with E-state index in [2.05, 4.69) is 15.7 Å². The molecule has 150 valence electrons. The van der Waals surface area contributed by atoms with Gasteiger partial charge in [0.1, 0.15) is 0 Å². The minimum absolute atomic E-state index is 0.103. The van der Waals surface area contributed by atoms with Crippen LogP contribution in [0.15, 0.2) is 24.3 Å². The lowest BCUT2D eigenvalue weighted by molar-refractivity contribution is -0.115. The van der Waals surface area contributed by atoms with Crippen LogP contribution in [0.1, 0.15) is 51.6 Å². The Balaban J connectivity index is 1.54. The van der Waals surface area contributed by atoms with Crippen molar-refractivity contribution in [3.8, 4) is 0 Å². The molecule has 2 aromatic heterocycles. The minimum atomic E-state index is -0.285. The van der Waals surface area contributed by atoms with Gasteiger partial charge in [-0.25, -0.2) is 4.98 Å². The predicted molar refractivity (Wildman–Crippen MR) is 112 cm³/mol. The summed E-state index contributed by atoms with van der Waals surface area (Å²) in [5.41, 5.74) is 5.67. The molecule has 4 rings (SSSR count). The first-order valence-corrected chi connectivity index (χ1v) is 9.83. The number of aromatic nitrogens is 3. The monoisotopic (exact) mass is 391 g/mol. The van der Waals surface area contributed by atoms with Gasteiger partial charge in [-0.1, -0.05) is 18.2 Å². The molecule has 0 radical (unpaired) electrons. The third kappa shape index (κ3) is 3.72. The summed E-state index contributed by atoms with van der Waals surface area (Å²) in [4.78, 5) is 30.1. The maximum Gasteiger partial charge on any atom is 0.252 e. The van der Waals surface area contributed by atoms with E-state index in [1.807, 2.05) is 52.1 Å². The number of nitrogens with one attached hydrogen (secondary N) is 2. The van der Waals surface area contributed by atoms with Gasteiger partial charge >= 0.3 is 0 Å². The number of amides is 2. The zero-order valence-electron chi connectivity index (χ0n) is 17.2. The molecule has 0 unspecified atom stereocenters. The van der Waals surface area contributed by atoms with Crippen molar-refractivity contribution in [1.82, 2.24) is 20.1 Å². The number of rotatable bonds is 5. The molecule has 1 fully saturated rings. The molecule has 2 amide bonds. The quantitative estimate of drug-likeness (QED) is 0.699. The maximum atomic E-state index is 13.0. The molecule has 0 saturated heterocycles. The van der Waals surface area contributed by atoms with Crippen LogP contribution in [0.5, 0.6) is 0 Å². The van der Waals surface area contributed by atoms with Crippen LogP contribution >= 0.6 is 0 Å². The molecule has 2 N–H and O–H groups in total. The summed E-state index contributed by atoms with van der Waals surface area (Å²) in [6.45, 7) is 5.65. The van der Waals surface area contributed by atoms with Crippen LogP contribution in [0, 0.1) is 20.8 Å². The van der Waals surface area contributed by atoms with Gasteiger partial charge in [-0.2, -0.15) is 5.10 Å². The highest BCUT2D eigenvalue weighted by Gasteiger charge is 2.28. The van der Waals surface area contributed by atoms with Crippen LogP contribution in [0.4, 0.5) is 5.69 Å². The third-order valence-corrected chi connectivity index (χ3v) is 5.38. The van der Waals surface area contributed by atoms with E-state index in [1.54, 1.807) is 4.68 Å². The summed E-state index contributed by atoms with van der Waals surface area (Å²) >= 11 is 0. The van der Waals surface area contributed by atoms with Crippen molar-refractivity contribution in [1.29, 1.82) is 0 Å². The van der Waals surface area contributed by atoms with Crippen LogP contribution < -0.4 is 10.6 Å². The molecule has 0 atom stereocenters. The van der Waals surface area contributed by atoms with Crippen molar-refractivity contribution in [3.63, 3.8) is 0 Å². The fourth-order valence-electron chi connectivity index (χ4n) is 3.68. The summed E-state index contributed by atoms with van der Waals surface area (Å²) in [5.74, 6) is -0.132. The van der Waals surface area contributed by atoms with Crippen LogP contribution in [-0.2, 0) is 11.8 Å². The molecule has 7 nitrogen and oxygen atoms in total. The number of hydrogen-bond acceptors (Lipinski definition) is 4. The zero-order chi connectivity index (χ0) is 20.7. The number of nitrogens with zero attached hydrogens (tertiary/aromatic N) is 3. The SMILES string of the molecule is Cc1cccc(C)c1NC(=O)CNC(=O)c1cc(C2CC2)nc2c1c(C)nn2C. The number of benzene rings is 1. The topological polar surface area (TPSA) is 88.9 Å². The van der Waals surface area contributed by atoms with Crippen molar-refractivity contribution in [3.05, 3.63) is 52.3 Å². The lowest BCUT2D eigenvalue weighted by atomic mass is 10.1. The highest BCUT2D eigenvalue weighted by atomic mass is 16.2. The Kier molecular flexibility index (Phi) is 4.82. The van der Waals surface area contributed by atoms with E-state index in [0.717, 1.165) is 46.4 Å². The number of para-hydroxylation sites is 1. The molecule has 0 bridgehead atoms. The number of fused-ring (bicyclic) bond motifs is 1. The average Bonchev–Trinajstić information content (AvgIpc) is 3.49. The fourth-order valence-corrected chi connectivity index (χ4v) is 3.68. The lowest BCUT2D eigenvalue weighted by Gasteiger charge is -2.12. The van der Waals surface area contributed by atoms with Gasteiger partial charge in [0.15, 0.2) is 5.65 Å². The van der Waals surface area contributed by atoms with Crippen molar-refractivity contribution < 1.29 is 9.59 Å². The molecule has 1 aromatic carbocycles. The van der Waals surface area contributed by atoms with Gasteiger partial charge in [-0.3, -0.25) is 14.3 Å². The van der Waals surface area contributed by atoms with E-state index in [4.69, 9.17) is 4.98 Å². The van der Waals surface area contributed by atoms with E-state index in [0.29, 0.717) is 17.1 Å². The first-order valence-electron chi connectivity index (χ1n) is 9.83.